The van der Waals surface area contributed by atoms with Crippen LogP contribution < -0.4 is 71.2 Å². The number of amides is 10. The molecule has 1 aliphatic rings. The fourth-order valence-electron chi connectivity index (χ4n) is 8.50. The average molecular weight is 1230 g/mol. The second kappa shape index (κ2) is 33.5. The van der Waals surface area contributed by atoms with Gasteiger partial charge in [-0.15, -0.1) is 0 Å². The molecule has 0 bridgehead atoms. The topological polar surface area (TPSA) is 458 Å². The van der Waals surface area contributed by atoms with Crippen molar-refractivity contribution in [3.05, 3.63) is 124 Å². The molecule has 458 valence electrons. The van der Waals surface area contributed by atoms with E-state index in [1.807, 2.05) is 0 Å². The molecule has 26 nitrogen and oxygen atoms in total. The Balaban J connectivity index is 1.58. The van der Waals surface area contributed by atoms with E-state index in [2.05, 4.69) is 42.5 Å². The number of carbonyl (C=O) groups excluding carboxylic acids is 10. The number of aromatic hydroxyl groups is 2. The summed E-state index contributed by atoms with van der Waals surface area (Å²) in [6.45, 7) is 1.38. The summed E-state index contributed by atoms with van der Waals surface area (Å²) in [5, 5.41) is 52.3. The molecule has 0 aromatic heterocycles. The standard InChI is InChI=1S/C56H72ClN13O13S2/c1-29(71)47-56(83)69-45(54(81)65-41(48(62)75)23-32-9-17-36(72)18-10-32)28-85-84-27-44(68-50(77)38(59)22-30-5-13-34(57)14-6-30)55(82)67-43(25-33-11-19-37(73)20-12-33)53(80)66-42(52(79)64-40(51(78)70-47)4-2-3-21-58)24-31-7-15-35(16-8-31)63-49(76)39(60)26-46(61)74/h5-20,29,38-45,47,71-73H,2-4,21-28,58-60H2,1H3,(H2,61,74)(H2,62,75)(H,63,76)(H,64,79)(H,65,81)(H,66,80)(H,67,82)(H,68,77)(H,69,83)(H,70,78)/t29?,38-,39-,40-,41+,42+,43-,44+,45-,47?/m0/s1. The first-order valence-electron chi connectivity index (χ1n) is 26.9. The van der Waals surface area contributed by atoms with Crippen molar-refractivity contribution in [3.8, 4) is 11.5 Å². The summed E-state index contributed by atoms with van der Waals surface area (Å²) in [5.41, 5.74) is 31.1. The Kier molecular flexibility index (Phi) is 26.7. The maximum atomic E-state index is 14.9. The number of benzene rings is 4. The van der Waals surface area contributed by atoms with Crippen LogP contribution in [0.5, 0.6) is 11.5 Å². The van der Waals surface area contributed by atoms with Crippen LogP contribution in [-0.4, -0.2) is 153 Å². The van der Waals surface area contributed by atoms with Crippen LogP contribution >= 0.6 is 33.2 Å². The van der Waals surface area contributed by atoms with Gasteiger partial charge in [-0.1, -0.05) is 81.7 Å². The van der Waals surface area contributed by atoms with Crippen molar-refractivity contribution >= 4 is 97.9 Å². The van der Waals surface area contributed by atoms with Crippen LogP contribution in [0.2, 0.25) is 5.02 Å². The lowest BCUT2D eigenvalue weighted by molar-refractivity contribution is -0.136. The minimum absolute atomic E-state index is 0.00830. The summed E-state index contributed by atoms with van der Waals surface area (Å²) in [5.74, 6) is -9.81. The van der Waals surface area contributed by atoms with Gasteiger partial charge in [-0.05, 0) is 110 Å². The first kappa shape index (κ1) is 67.8. The van der Waals surface area contributed by atoms with Crippen molar-refractivity contribution in [1.82, 2.24) is 37.2 Å². The van der Waals surface area contributed by atoms with Crippen molar-refractivity contribution < 1.29 is 63.3 Å². The maximum absolute atomic E-state index is 14.9. The minimum atomic E-state index is -1.79. The van der Waals surface area contributed by atoms with Crippen molar-refractivity contribution in [2.75, 3.05) is 23.4 Å². The van der Waals surface area contributed by atoms with Gasteiger partial charge in [0, 0.05) is 41.5 Å². The molecule has 1 fully saturated rings. The first-order chi connectivity index (χ1) is 40.4. The van der Waals surface area contributed by atoms with E-state index >= 15 is 0 Å². The van der Waals surface area contributed by atoms with Crippen LogP contribution in [0.4, 0.5) is 5.69 Å². The molecule has 85 heavy (non-hydrogen) atoms. The van der Waals surface area contributed by atoms with E-state index in [0.717, 1.165) is 21.6 Å². The maximum Gasteiger partial charge on any atom is 0.245 e. The van der Waals surface area contributed by atoms with Gasteiger partial charge in [0.15, 0.2) is 0 Å². The fraction of sp³-hybridized carbons (Fsp3) is 0.393. The second-order valence-corrected chi connectivity index (χ2v) is 23.2. The number of hydrogen-bond donors (Lipinski definition) is 16. The zero-order valence-electron chi connectivity index (χ0n) is 46.3. The highest BCUT2D eigenvalue weighted by molar-refractivity contribution is 8.76. The highest BCUT2D eigenvalue weighted by Gasteiger charge is 2.37. The number of anilines is 1. The number of aliphatic hydroxyl groups is 1. The summed E-state index contributed by atoms with van der Waals surface area (Å²) >= 11 is 6.08. The number of unbranched alkanes of at least 4 members (excludes halogenated alkanes) is 1. The van der Waals surface area contributed by atoms with E-state index < -0.39 is 126 Å². The van der Waals surface area contributed by atoms with Crippen LogP contribution in [0.3, 0.4) is 0 Å². The second-order valence-electron chi connectivity index (χ2n) is 20.2. The molecular weight excluding hydrogens is 1160 g/mol. The first-order valence-corrected chi connectivity index (χ1v) is 29.8. The number of phenols is 2. The van der Waals surface area contributed by atoms with E-state index in [9.17, 15) is 63.3 Å². The van der Waals surface area contributed by atoms with E-state index in [-0.39, 0.29) is 73.8 Å². The lowest BCUT2D eigenvalue weighted by Crippen LogP contribution is -2.62. The molecule has 1 saturated heterocycles. The van der Waals surface area contributed by atoms with Crippen LogP contribution in [0.15, 0.2) is 97.1 Å². The molecule has 29 heteroatoms. The van der Waals surface area contributed by atoms with Gasteiger partial charge in [-0.3, -0.25) is 47.9 Å². The van der Waals surface area contributed by atoms with E-state index in [1.54, 1.807) is 24.3 Å². The quantitative estimate of drug-likeness (QED) is 0.0307. The number of nitrogens with two attached hydrogens (primary N) is 5. The van der Waals surface area contributed by atoms with E-state index in [1.165, 1.54) is 79.7 Å². The molecule has 1 heterocycles. The number of carbonyl (C=O) groups is 10. The third kappa shape index (κ3) is 22.5. The Morgan fingerprint density at radius 1 is 0.624 bits per heavy atom. The third-order valence-corrected chi connectivity index (χ3v) is 15.9. The van der Waals surface area contributed by atoms with Gasteiger partial charge in [0.2, 0.25) is 59.1 Å². The molecule has 21 N–H and O–H groups in total. The summed E-state index contributed by atoms with van der Waals surface area (Å²) < 4.78 is 0. The molecule has 4 aromatic carbocycles. The summed E-state index contributed by atoms with van der Waals surface area (Å²) in [4.78, 5) is 138. The Labute approximate surface area is 502 Å². The fourth-order valence-corrected chi connectivity index (χ4v) is 11.0. The number of rotatable bonds is 22. The summed E-state index contributed by atoms with van der Waals surface area (Å²) in [7, 11) is 1.87. The number of halogens is 1. The van der Waals surface area contributed by atoms with Crippen LogP contribution in [0, 0.1) is 0 Å². The molecule has 0 spiro atoms. The van der Waals surface area contributed by atoms with E-state index in [4.69, 9.17) is 40.3 Å². The molecule has 10 amide bonds. The number of phenolic OH excluding ortho intramolecular Hbond substituents is 2. The SMILES string of the molecule is CC(O)C1NC(=O)[C@H](CCCCN)NC(=O)[C@@H](Cc2ccc(NC(=O)[C@@H](N)CC(N)=O)cc2)NC(=O)[C@H](Cc2ccc(O)cc2)NC(=O)[C@H](NC(=O)[C@@H](N)Cc2ccc(Cl)cc2)CSSC[C@@H](C(=O)N[C@H](Cc2ccc(O)cc2)C(N)=O)NC1=O. The lowest BCUT2D eigenvalue weighted by Gasteiger charge is -2.29. The molecule has 0 radical (unpaired) electrons. The van der Waals surface area contributed by atoms with Crippen molar-refractivity contribution in [2.45, 2.75) is 119 Å². The monoisotopic (exact) mass is 1230 g/mol. The molecule has 10 atom stereocenters. The molecule has 4 aromatic rings. The Morgan fingerprint density at radius 2 is 1.13 bits per heavy atom. The highest BCUT2D eigenvalue weighted by atomic mass is 35.5. The van der Waals surface area contributed by atoms with Crippen molar-refractivity contribution in [2.24, 2.45) is 28.7 Å². The number of primary amides is 2. The molecule has 5 rings (SSSR count). The normalized spacial score (nSPS) is 20.7. The van der Waals surface area contributed by atoms with Gasteiger partial charge in [0.05, 0.1) is 24.6 Å². The van der Waals surface area contributed by atoms with Gasteiger partial charge >= 0.3 is 0 Å². The van der Waals surface area contributed by atoms with Gasteiger partial charge in [-0.25, -0.2) is 0 Å². The number of aliphatic hydroxyl groups excluding tert-OH is 1. The van der Waals surface area contributed by atoms with Crippen LogP contribution in [0.25, 0.3) is 0 Å². The number of nitrogens with one attached hydrogen (secondary N) is 8. The smallest absolute Gasteiger partial charge is 0.245 e. The summed E-state index contributed by atoms with van der Waals surface area (Å²) in [6, 6.07) is 10.7. The van der Waals surface area contributed by atoms with Gasteiger partial charge in [0.1, 0.15) is 53.8 Å². The van der Waals surface area contributed by atoms with Gasteiger partial charge in [0.25, 0.3) is 0 Å². The van der Waals surface area contributed by atoms with Crippen molar-refractivity contribution in [1.29, 1.82) is 0 Å². The molecule has 1 aliphatic heterocycles. The Bertz CT molecular complexity index is 2970. The van der Waals surface area contributed by atoms with Crippen LogP contribution in [-0.2, 0) is 73.6 Å². The summed E-state index contributed by atoms with van der Waals surface area (Å²) in [6.07, 6.45) is -2.21. The molecular formula is C56H72ClN13O13S2. The van der Waals surface area contributed by atoms with Gasteiger partial charge < -0.3 is 86.5 Å². The largest absolute Gasteiger partial charge is 0.508 e. The molecule has 2 unspecified atom stereocenters. The molecule has 0 aliphatic carbocycles. The van der Waals surface area contributed by atoms with E-state index in [0.29, 0.717) is 33.7 Å². The van der Waals surface area contributed by atoms with Gasteiger partial charge in [-0.2, -0.15) is 0 Å². The zero-order valence-corrected chi connectivity index (χ0v) is 48.7. The Hall–Kier alpha value is -7.99. The molecule has 0 saturated carbocycles. The lowest BCUT2D eigenvalue weighted by atomic mass is 10.0. The Morgan fingerprint density at radius 3 is 1.68 bits per heavy atom. The zero-order chi connectivity index (χ0) is 62.3. The van der Waals surface area contributed by atoms with Crippen LogP contribution in [0.1, 0.15) is 54.9 Å². The highest BCUT2D eigenvalue weighted by Crippen LogP contribution is 2.25. The average Bonchev–Trinajstić information content (AvgIpc) is 3.67. The van der Waals surface area contributed by atoms with Crippen molar-refractivity contribution in [3.63, 3.8) is 0 Å². The number of hydrogen-bond acceptors (Lipinski definition) is 18. The predicted molar refractivity (Wildman–Crippen MR) is 320 cm³/mol. The third-order valence-electron chi connectivity index (χ3n) is 13.3. The predicted octanol–water partition coefficient (Wildman–Crippen LogP) is -1.73. The minimum Gasteiger partial charge on any atom is -0.508 e.